The fraction of sp³-hybridized carbons (Fsp3) is 0.385. The summed E-state index contributed by atoms with van der Waals surface area (Å²) in [6.45, 7) is 3.49. The van der Waals surface area contributed by atoms with E-state index in [1.165, 1.54) is 4.90 Å². The molecule has 0 saturated heterocycles. The number of hydrogen-bond acceptors (Lipinski definition) is 4. The second kappa shape index (κ2) is 6.05. The van der Waals surface area contributed by atoms with Crippen molar-refractivity contribution in [2.24, 2.45) is 0 Å². The lowest BCUT2D eigenvalue weighted by atomic mass is 10.2. The van der Waals surface area contributed by atoms with E-state index in [4.69, 9.17) is 10.5 Å². The molecule has 0 spiro atoms. The molecule has 0 aliphatic heterocycles. The molecule has 0 atom stereocenters. The Bertz CT molecular complexity index is 444. The molecule has 0 fully saturated rings. The van der Waals surface area contributed by atoms with Crippen LogP contribution in [0.4, 0.5) is 5.69 Å². The number of likely N-dealkylation sites (N-methyl/N-ethyl adjacent to an activating group) is 1. The molecule has 1 rings (SSSR count). The Morgan fingerprint density at radius 2 is 1.94 bits per heavy atom. The van der Waals surface area contributed by atoms with Crippen molar-refractivity contribution < 1.29 is 14.3 Å². The Morgan fingerprint density at radius 1 is 1.33 bits per heavy atom. The Kier molecular flexibility index (Phi) is 4.71. The monoisotopic (exact) mass is 250 g/mol. The lowest BCUT2D eigenvalue weighted by molar-refractivity contribution is -0.134. The number of amides is 1. The molecule has 0 bridgehead atoms. The van der Waals surface area contributed by atoms with Gasteiger partial charge in [0, 0.05) is 18.8 Å². The molecule has 98 valence electrons. The van der Waals surface area contributed by atoms with E-state index in [1.807, 2.05) is 13.8 Å². The van der Waals surface area contributed by atoms with Crippen molar-refractivity contribution in [2.45, 2.75) is 19.9 Å². The summed E-state index contributed by atoms with van der Waals surface area (Å²) in [7, 11) is 1.66. The summed E-state index contributed by atoms with van der Waals surface area (Å²) < 4.78 is 4.93. The Morgan fingerprint density at radius 3 is 2.50 bits per heavy atom. The third-order valence-corrected chi connectivity index (χ3v) is 2.68. The first-order valence-corrected chi connectivity index (χ1v) is 5.70. The molecule has 1 amide bonds. The van der Waals surface area contributed by atoms with E-state index < -0.39 is 5.97 Å². The van der Waals surface area contributed by atoms with Crippen LogP contribution in [-0.2, 0) is 9.53 Å². The van der Waals surface area contributed by atoms with Crippen molar-refractivity contribution in [3.63, 3.8) is 0 Å². The molecule has 0 saturated carbocycles. The highest BCUT2D eigenvalue weighted by Crippen LogP contribution is 2.11. The average molecular weight is 250 g/mol. The van der Waals surface area contributed by atoms with E-state index in [1.54, 1.807) is 31.3 Å². The van der Waals surface area contributed by atoms with Crippen LogP contribution >= 0.6 is 0 Å². The number of benzene rings is 1. The van der Waals surface area contributed by atoms with Crippen LogP contribution in [0.5, 0.6) is 0 Å². The number of para-hydroxylation sites is 1. The quantitative estimate of drug-likeness (QED) is 0.645. The number of rotatable bonds is 4. The average Bonchev–Trinajstić information content (AvgIpc) is 2.35. The van der Waals surface area contributed by atoms with Crippen molar-refractivity contribution >= 4 is 17.6 Å². The summed E-state index contributed by atoms with van der Waals surface area (Å²) in [6, 6.07) is 6.66. The first-order valence-electron chi connectivity index (χ1n) is 5.70. The molecule has 1 aromatic carbocycles. The maximum atomic E-state index is 11.7. The number of ether oxygens (including phenoxy) is 1. The molecule has 1 aromatic rings. The molecule has 0 unspecified atom stereocenters. The molecular formula is C13H18N2O3. The van der Waals surface area contributed by atoms with Crippen molar-refractivity contribution in [3.05, 3.63) is 29.8 Å². The van der Waals surface area contributed by atoms with Crippen LogP contribution in [0.15, 0.2) is 24.3 Å². The van der Waals surface area contributed by atoms with Crippen molar-refractivity contribution in [1.29, 1.82) is 0 Å². The zero-order valence-corrected chi connectivity index (χ0v) is 10.8. The van der Waals surface area contributed by atoms with Gasteiger partial charge in [-0.05, 0) is 26.0 Å². The Balaban J connectivity index is 2.57. The lowest BCUT2D eigenvalue weighted by Crippen LogP contribution is -2.36. The van der Waals surface area contributed by atoms with Gasteiger partial charge in [-0.1, -0.05) is 12.1 Å². The van der Waals surface area contributed by atoms with Crippen LogP contribution in [0.2, 0.25) is 0 Å². The van der Waals surface area contributed by atoms with Gasteiger partial charge in [-0.3, -0.25) is 4.79 Å². The molecular weight excluding hydrogens is 232 g/mol. The number of hydrogen-bond donors (Lipinski definition) is 1. The van der Waals surface area contributed by atoms with Gasteiger partial charge in [0.25, 0.3) is 5.91 Å². The van der Waals surface area contributed by atoms with E-state index >= 15 is 0 Å². The van der Waals surface area contributed by atoms with Gasteiger partial charge < -0.3 is 15.4 Å². The zero-order chi connectivity index (χ0) is 13.7. The second-order valence-electron chi connectivity index (χ2n) is 4.26. The summed E-state index contributed by atoms with van der Waals surface area (Å²) in [6.07, 6.45) is 0. The van der Waals surface area contributed by atoms with Crippen LogP contribution < -0.4 is 5.73 Å². The fourth-order valence-electron chi connectivity index (χ4n) is 1.28. The maximum Gasteiger partial charge on any atom is 0.340 e. The SMILES string of the molecule is CC(C)N(C)C(=O)COC(=O)c1ccccc1N. The topological polar surface area (TPSA) is 72.6 Å². The largest absolute Gasteiger partial charge is 0.452 e. The number of nitrogens with zero attached hydrogens (tertiary/aromatic N) is 1. The lowest BCUT2D eigenvalue weighted by Gasteiger charge is -2.21. The van der Waals surface area contributed by atoms with Crippen molar-refractivity contribution in [1.82, 2.24) is 4.90 Å². The van der Waals surface area contributed by atoms with E-state index in [0.717, 1.165) is 0 Å². The predicted octanol–water partition coefficient (Wildman–Crippen LogP) is 1.29. The van der Waals surface area contributed by atoms with Gasteiger partial charge in [-0.15, -0.1) is 0 Å². The molecule has 0 aliphatic rings. The molecule has 2 N–H and O–H groups in total. The minimum atomic E-state index is -0.585. The highest BCUT2D eigenvalue weighted by Gasteiger charge is 2.16. The molecule has 0 aromatic heterocycles. The normalized spacial score (nSPS) is 10.2. The predicted molar refractivity (Wildman–Crippen MR) is 69.0 cm³/mol. The van der Waals surface area contributed by atoms with Gasteiger partial charge in [-0.2, -0.15) is 0 Å². The van der Waals surface area contributed by atoms with Gasteiger partial charge in [0.2, 0.25) is 0 Å². The number of esters is 1. The Labute approximate surface area is 107 Å². The molecule has 0 radical (unpaired) electrons. The first-order chi connectivity index (χ1) is 8.43. The number of carbonyl (C=O) groups is 2. The van der Waals surface area contributed by atoms with Crippen LogP contribution in [0.3, 0.4) is 0 Å². The third kappa shape index (κ3) is 3.48. The standard InChI is InChI=1S/C13H18N2O3/c1-9(2)15(3)12(16)8-18-13(17)10-6-4-5-7-11(10)14/h4-7,9H,8,14H2,1-3H3. The summed E-state index contributed by atoms with van der Waals surface area (Å²) in [5.41, 5.74) is 6.26. The maximum absolute atomic E-state index is 11.7. The third-order valence-electron chi connectivity index (χ3n) is 2.68. The van der Waals surface area contributed by atoms with Crippen LogP contribution in [0.25, 0.3) is 0 Å². The summed E-state index contributed by atoms with van der Waals surface area (Å²) in [4.78, 5) is 24.8. The molecule has 5 nitrogen and oxygen atoms in total. The highest BCUT2D eigenvalue weighted by atomic mass is 16.5. The second-order valence-corrected chi connectivity index (χ2v) is 4.26. The first kappa shape index (κ1) is 14.0. The fourth-order valence-corrected chi connectivity index (χ4v) is 1.28. The van der Waals surface area contributed by atoms with E-state index in [0.29, 0.717) is 5.69 Å². The summed E-state index contributed by atoms with van der Waals surface area (Å²) >= 11 is 0. The molecule has 18 heavy (non-hydrogen) atoms. The van der Waals surface area contributed by atoms with Crippen molar-refractivity contribution in [3.8, 4) is 0 Å². The minimum absolute atomic E-state index is 0.0676. The van der Waals surface area contributed by atoms with Crippen LogP contribution in [-0.4, -0.2) is 36.5 Å². The minimum Gasteiger partial charge on any atom is -0.452 e. The van der Waals surface area contributed by atoms with E-state index in [9.17, 15) is 9.59 Å². The highest BCUT2D eigenvalue weighted by molar-refractivity contribution is 5.96. The van der Waals surface area contributed by atoms with E-state index in [-0.39, 0.29) is 24.1 Å². The van der Waals surface area contributed by atoms with Gasteiger partial charge >= 0.3 is 5.97 Å². The molecule has 5 heteroatoms. The van der Waals surface area contributed by atoms with E-state index in [2.05, 4.69) is 0 Å². The number of nitrogen functional groups attached to an aromatic ring is 1. The number of carbonyl (C=O) groups excluding carboxylic acids is 2. The van der Waals surface area contributed by atoms with Gasteiger partial charge in [0.15, 0.2) is 6.61 Å². The van der Waals surface area contributed by atoms with Crippen LogP contribution in [0.1, 0.15) is 24.2 Å². The number of anilines is 1. The summed E-state index contributed by atoms with van der Waals surface area (Å²) in [5.74, 6) is -0.827. The van der Waals surface area contributed by atoms with Gasteiger partial charge in [-0.25, -0.2) is 4.79 Å². The Hall–Kier alpha value is -2.04. The summed E-state index contributed by atoms with van der Waals surface area (Å²) in [5, 5.41) is 0. The number of nitrogens with two attached hydrogens (primary N) is 1. The van der Waals surface area contributed by atoms with Crippen molar-refractivity contribution in [2.75, 3.05) is 19.4 Å². The zero-order valence-electron chi connectivity index (χ0n) is 10.8. The molecule has 0 heterocycles. The molecule has 0 aliphatic carbocycles. The van der Waals surface area contributed by atoms with Crippen LogP contribution in [0, 0.1) is 0 Å². The van der Waals surface area contributed by atoms with Gasteiger partial charge in [0.1, 0.15) is 0 Å². The smallest absolute Gasteiger partial charge is 0.340 e. The van der Waals surface area contributed by atoms with Gasteiger partial charge in [0.05, 0.1) is 5.56 Å².